The zero-order valence-electron chi connectivity index (χ0n) is 8.52. The molecule has 0 aliphatic heterocycles. The van der Waals surface area contributed by atoms with E-state index in [9.17, 15) is 0 Å². The molecule has 2 aromatic rings. The highest BCUT2D eigenvalue weighted by Crippen LogP contribution is 2.25. The minimum atomic E-state index is 0.418. The fourth-order valence-electron chi connectivity index (χ4n) is 1.27. The van der Waals surface area contributed by atoms with Gasteiger partial charge in [0.25, 0.3) is 5.88 Å². The van der Waals surface area contributed by atoms with Crippen LogP contribution in [0, 0.1) is 0 Å². The minimum Gasteiger partial charge on any atom is -0.474 e. The summed E-state index contributed by atoms with van der Waals surface area (Å²) in [5.74, 6) is 1.05. The Labute approximate surface area is 97.9 Å². The molecule has 4 nitrogen and oxygen atoms in total. The average molecular weight is 239 g/mol. The van der Waals surface area contributed by atoms with E-state index in [1.165, 1.54) is 0 Å². The Morgan fingerprint density at radius 2 is 2.25 bits per heavy atom. The maximum atomic E-state index is 5.88. The van der Waals surface area contributed by atoms with Gasteiger partial charge in [-0.05, 0) is 17.3 Å². The van der Waals surface area contributed by atoms with Gasteiger partial charge in [0.1, 0.15) is 6.61 Å². The summed E-state index contributed by atoms with van der Waals surface area (Å²) >= 11 is 5.88. The molecule has 5 heteroatoms. The molecule has 1 aromatic heterocycles. The summed E-state index contributed by atoms with van der Waals surface area (Å²) in [6.45, 7) is 0.862. The van der Waals surface area contributed by atoms with E-state index in [4.69, 9.17) is 26.6 Å². The molecule has 2 N–H and O–H groups in total. The third-order valence-electron chi connectivity index (χ3n) is 1.97. The Bertz CT molecular complexity index is 471. The van der Waals surface area contributed by atoms with Crippen molar-refractivity contribution in [3.05, 3.63) is 35.4 Å². The molecule has 2 rings (SSSR count). The molecule has 1 heterocycles. The van der Waals surface area contributed by atoms with Crippen molar-refractivity contribution in [3.8, 4) is 17.2 Å². The van der Waals surface area contributed by atoms with Crippen molar-refractivity contribution < 1.29 is 9.26 Å². The van der Waals surface area contributed by atoms with Gasteiger partial charge in [0.15, 0.2) is 5.76 Å². The molecule has 0 saturated carbocycles. The Morgan fingerprint density at radius 3 is 3.00 bits per heavy atom. The number of ether oxygens (including phenoxy) is 1. The Balaban J connectivity index is 2.18. The number of nitrogens with zero attached hydrogens (tertiary/aromatic N) is 1. The molecule has 84 valence electrons. The van der Waals surface area contributed by atoms with Crippen LogP contribution in [0.4, 0.5) is 0 Å². The van der Waals surface area contributed by atoms with Gasteiger partial charge in [0, 0.05) is 23.2 Å². The Kier molecular flexibility index (Phi) is 3.44. The summed E-state index contributed by atoms with van der Waals surface area (Å²) in [6.07, 6.45) is 0. The molecule has 0 bridgehead atoms. The number of aromatic nitrogens is 1. The van der Waals surface area contributed by atoms with Crippen molar-refractivity contribution in [1.82, 2.24) is 5.16 Å². The van der Waals surface area contributed by atoms with Crippen LogP contribution in [0.2, 0.25) is 5.02 Å². The molecule has 0 unspecified atom stereocenters. The molecule has 0 spiro atoms. The summed E-state index contributed by atoms with van der Waals surface area (Å²) in [5.41, 5.74) is 6.18. The molecule has 16 heavy (non-hydrogen) atoms. The van der Waals surface area contributed by atoms with Gasteiger partial charge in [-0.3, -0.25) is 0 Å². The predicted molar refractivity (Wildman–Crippen MR) is 61.5 cm³/mol. The highest BCUT2D eigenvalue weighted by Gasteiger charge is 2.07. The molecule has 1 aromatic carbocycles. The van der Waals surface area contributed by atoms with Crippen molar-refractivity contribution in [1.29, 1.82) is 0 Å². The average Bonchev–Trinajstić information content (AvgIpc) is 2.75. The van der Waals surface area contributed by atoms with Crippen molar-refractivity contribution in [2.75, 3.05) is 13.2 Å². The first kappa shape index (κ1) is 11.0. The van der Waals surface area contributed by atoms with E-state index in [-0.39, 0.29) is 0 Å². The van der Waals surface area contributed by atoms with Gasteiger partial charge in [-0.1, -0.05) is 23.7 Å². The molecule has 0 aliphatic rings. The number of nitrogens with two attached hydrogens (primary N) is 1. The highest BCUT2D eigenvalue weighted by atomic mass is 35.5. The smallest absolute Gasteiger partial charge is 0.254 e. The Hall–Kier alpha value is -1.52. The lowest BCUT2D eigenvalue weighted by molar-refractivity contribution is 0.288. The van der Waals surface area contributed by atoms with Crippen LogP contribution in [-0.2, 0) is 0 Å². The van der Waals surface area contributed by atoms with Gasteiger partial charge in [-0.2, -0.15) is 0 Å². The number of benzene rings is 1. The third kappa shape index (κ3) is 2.53. The molecule has 0 saturated heterocycles. The topological polar surface area (TPSA) is 61.3 Å². The number of rotatable bonds is 4. The van der Waals surface area contributed by atoms with Crippen LogP contribution in [0.5, 0.6) is 5.88 Å². The zero-order chi connectivity index (χ0) is 11.4. The van der Waals surface area contributed by atoms with Crippen LogP contribution < -0.4 is 10.5 Å². The first-order valence-corrected chi connectivity index (χ1v) is 5.23. The van der Waals surface area contributed by atoms with Crippen molar-refractivity contribution in [2.45, 2.75) is 0 Å². The first-order chi connectivity index (χ1) is 7.79. The van der Waals surface area contributed by atoms with Crippen molar-refractivity contribution in [2.24, 2.45) is 5.73 Å². The predicted octanol–water partition coefficient (Wildman–Crippen LogP) is 2.33. The number of halogens is 1. The molecule has 0 radical (unpaired) electrons. The lowest BCUT2D eigenvalue weighted by Crippen LogP contribution is -2.10. The molecule has 0 amide bonds. The number of hydrogen-bond acceptors (Lipinski definition) is 4. The van der Waals surface area contributed by atoms with E-state index >= 15 is 0 Å². The van der Waals surface area contributed by atoms with Gasteiger partial charge in [0.05, 0.1) is 0 Å². The standard InChI is InChI=1S/C11H11ClN2O2/c12-9-3-1-2-8(6-9)10-7-11(14-16-10)15-5-4-13/h1-3,6-7H,4-5,13H2. The first-order valence-electron chi connectivity index (χ1n) is 4.85. The molecule has 0 fully saturated rings. The van der Waals surface area contributed by atoms with E-state index in [1.54, 1.807) is 18.2 Å². The van der Waals surface area contributed by atoms with Crippen LogP contribution in [0.3, 0.4) is 0 Å². The third-order valence-corrected chi connectivity index (χ3v) is 2.20. The second-order valence-corrected chi connectivity index (χ2v) is 3.61. The lowest BCUT2D eigenvalue weighted by atomic mass is 10.2. The molecule has 0 aliphatic carbocycles. The van der Waals surface area contributed by atoms with E-state index in [0.717, 1.165) is 5.56 Å². The number of hydrogen-bond donors (Lipinski definition) is 1. The highest BCUT2D eigenvalue weighted by molar-refractivity contribution is 6.30. The zero-order valence-corrected chi connectivity index (χ0v) is 9.28. The second kappa shape index (κ2) is 5.01. The maximum Gasteiger partial charge on any atom is 0.254 e. The summed E-state index contributed by atoms with van der Waals surface area (Å²) in [7, 11) is 0. The van der Waals surface area contributed by atoms with Gasteiger partial charge < -0.3 is 15.0 Å². The van der Waals surface area contributed by atoms with Crippen LogP contribution in [0.25, 0.3) is 11.3 Å². The normalized spacial score (nSPS) is 10.4. The second-order valence-electron chi connectivity index (χ2n) is 3.18. The lowest BCUT2D eigenvalue weighted by Gasteiger charge is -1.96. The minimum absolute atomic E-state index is 0.418. The Morgan fingerprint density at radius 1 is 1.38 bits per heavy atom. The SMILES string of the molecule is NCCOc1cc(-c2cccc(Cl)c2)on1. The summed E-state index contributed by atoms with van der Waals surface area (Å²) < 4.78 is 10.4. The van der Waals surface area contributed by atoms with Crippen molar-refractivity contribution >= 4 is 11.6 Å². The van der Waals surface area contributed by atoms with E-state index in [2.05, 4.69) is 5.16 Å². The quantitative estimate of drug-likeness (QED) is 0.888. The van der Waals surface area contributed by atoms with Gasteiger partial charge in [-0.15, -0.1) is 0 Å². The van der Waals surface area contributed by atoms with Crippen LogP contribution in [-0.4, -0.2) is 18.3 Å². The van der Waals surface area contributed by atoms with Crippen LogP contribution in [0.15, 0.2) is 34.9 Å². The summed E-state index contributed by atoms with van der Waals surface area (Å²) in [5, 5.41) is 4.42. The van der Waals surface area contributed by atoms with Crippen LogP contribution >= 0.6 is 11.6 Å². The van der Waals surface area contributed by atoms with Gasteiger partial charge in [0.2, 0.25) is 0 Å². The summed E-state index contributed by atoms with van der Waals surface area (Å²) in [4.78, 5) is 0. The van der Waals surface area contributed by atoms with Crippen molar-refractivity contribution in [3.63, 3.8) is 0 Å². The monoisotopic (exact) mass is 238 g/mol. The molecular formula is C11H11ClN2O2. The molecular weight excluding hydrogens is 228 g/mol. The van der Waals surface area contributed by atoms with Gasteiger partial charge >= 0.3 is 0 Å². The maximum absolute atomic E-state index is 5.88. The van der Waals surface area contributed by atoms with E-state index in [0.29, 0.717) is 29.8 Å². The largest absolute Gasteiger partial charge is 0.474 e. The van der Waals surface area contributed by atoms with E-state index < -0.39 is 0 Å². The summed E-state index contributed by atoms with van der Waals surface area (Å²) in [6, 6.07) is 9.04. The fraction of sp³-hybridized carbons (Fsp3) is 0.182. The fourth-order valence-corrected chi connectivity index (χ4v) is 1.46. The van der Waals surface area contributed by atoms with Gasteiger partial charge in [-0.25, -0.2) is 0 Å². The molecule has 0 atom stereocenters. The van der Waals surface area contributed by atoms with E-state index in [1.807, 2.05) is 12.1 Å². The van der Waals surface area contributed by atoms with Crippen LogP contribution in [0.1, 0.15) is 0 Å².